The summed E-state index contributed by atoms with van der Waals surface area (Å²) >= 11 is 0. The zero-order valence-electron chi connectivity index (χ0n) is 21.4. The molecule has 39 heavy (non-hydrogen) atoms. The topological polar surface area (TPSA) is 115 Å². The van der Waals surface area contributed by atoms with Crippen LogP contribution in [-0.4, -0.2) is 55.7 Å². The molecule has 9 heteroatoms. The van der Waals surface area contributed by atoms with Crippen LogP contribution in [0.1, 0.15) is 29.3 Å². The van der Waals surface area contributed by atoms with Crippen molar-refractivity contribution >= 4 is 17.0 Å². The molecular weight excluding hydrogens is 494 g/mol. The first-order valence-electron chi connectivity index (χ1n) is 12.8. The van der Waals surface area contributed by atoms with E-state index in [2.05, 4.69) is 44.5 Å². The van der Waals surface area contributed by atoms with E-state index in [1.165, 1.54) is 6.33 Å². The molecule has 0 saturated carbocycles. The van der Waals surface area contributed by atoms with Crippen molar-refractivity contribution in [3.8, 4) is 5.75 Å². The zero-order valence-corrected chi connectivity index (χ0v) is 21.4. The summed E-state index contributed by atoms with van der Waals surface area (Å²) in [6, 6.07) is 28.4. The number of methoxy groups -OCH3 is 1. The molecule has 3 heterocycles. The molecule has 5 aromatic rings. The Kier molecular flexibility index (Phi) is 6.70. The lowest BCUT2D eigenvalue weighted by molar-refractivity contribution is -0.0432. The van der Waals surface area contributed by atoms with E-state index in [1.54, 1.807) is 18.0 Å². The third-order valence-corrected chi connectivity index (χ3v) is 7.30. The SMILES string of the molecule is COc1ccc(C(Nc2ncnc3c2ncn3[C@H]2C[C@H](O)[C@@H](CO)O2)(c2ccccc2)c2ccccc2)cc1. The van der Waals surface area contributed by atoms with Crippen LogP contribution in [0.15, 0.2) is 97.6 Å². The second-order valence-electron chi connectivity index (χ2n) is 9.50. The van der Waals surface area contributed by atoms with Gasteiger partial charge in [0.25, 0.3) is 0 Å². The molecule has 9 nitrogen and oxygen atoms in total. The minimum atomic E-state index is -0.831. The Bertz CT molecular complexity index is 1500. The van der Waals surface area contributed by atoms with Crippen molar-refractivity contribution in [3.63, 3.8) is 0 Å². The number of nitrogens with zero attached hydrogens (tertiary/aromatic N) is 4. The van der Waals surface area contributed by atoms with Crippen LogP contribution in [0.3, 0.4) is 0 Å². The Hall–Kier alpha value is -4.31. The molecular formula is C30H29N5O4. The maximum atomic E-state index is 10.3. The molecule has 0 unspecified atom stereocenters. The van der Waals surface area contributed by atoms with E-state index in [0.717, 1.165) is 22.4 Å². The van der Waals surface area contributed by atoms with Crippen LogP contribution in [0.2, 0.25) is 0 Å². The highest BCUT2D eigenvalue weighted by molar-refractivity contribution is 5.84. The number of aliphatic hydroxyl groups excluding tert-OH is 2. The van der Waals surface area contributed by atoms with Gasteiger partial charge < -0.3 is 25.0 Å². The lowest BCUT2D eigenvalue weighted by Gasteiger charge is -2.37. The summed E-state index contributed by atoms with van der Waals surface area (Å²) in [5.41, 5.74) is 3.31. The van der Waals surface area contributed by atoms with Crippen molar-refractivity contribution in [2.24, 2.45) is 0 Å². The van der Waals surface area contributed by atoms with E-state index in [-0.39, 0.29) is 6.61 Å². The fourth-order valence-corrected chi connectivity index (χ4v) is 5.32. The summed E-state index contributed by atoms with van der Waals surface area (Å²) in [5, 5.41) is 23.6. The standard InChI is InChI=1S/C30H29N5O4/c1-38-23-14-12-22(13-15-23)30(20-8-4-2-5-9-20,21-10-6-3-7-11-21)34-28-27-29(32-18-31-28)35(19-33-27)26-16-24(37)25(17-36)39-26/h2-15,18-19,24-26,36-37H,16-17H2,1H3,(H,31,32,34)/t24-,25+,26+/m0/s1. The number of nitrogens with one attached hydrogen (secondary N) is 1. The van der Waals surface area contributed by atoms with Gasteiger partial charge in [-0.05, 0) is 28.8 Å². The smallest absolute Gasteiger partial charge is 0.167 e. The zero-order chi connectivity index (χ0) is 26.8. The average Bonchev–Trinajstić information content (AvgIpc) is 3.60. The number of aliphatic hydroxyl groups is 2. The van der Waals surface area contributed by atoms with Crippen molar-refractivity contribution in [1.82, 2.24) is 19.5 Å². The molecule has 0 bridgehead atoms. The van der Waals surface area contributed by atoms with Gasteiger partial charge in [-0.15, -0.1) is 0 Å². The van der Waals surface area contributed by atoms with Gasteiger partial charge in [-0.1, -0.05) is 72.8 Å². The molecule has 198 valence electrons. The summed E-state index contributed by atoms with van der Waals surface area (Å²) in [4.78, 5) is 13.8. The van der Waals surface area contributed by atoms with Crippen molar-refractivity contribution in [1.29, 1.82) is 0 Å². The number of ether oxygens (including phenoxy) is 2. The Labute approximate surface area is 225 Å². The molecule has 0 aliphatic carbocycles. The minimum absolute atomic E-state index is 0.259. The Morgan fingerprint density at radius 3 is 2.15 bits per heavy atom. The quantitative estimate of drug-likeness (QED) is 0.263. The molecule has 3 N–H and O–H groups in total. The van der Waals surface area contributed by atoms with Crippen LogP contribution in [0.5, 0.6) is 5.75 Å². The fraction of sp³-hybridized carbons (Fsp3) is 0.233. The fourth-order valence-electron chi connectivity index (χ4n) is 5.32. The maximum Gasteiger partial charge on any atom is 0.167 e. The summed E-state index contributed by atoms with van der Waals surface area (Å²) < 4.78 is 13.1. The van der Waals surface area contributed by atoms with Crippen LogP contribution in [-0.2, 0) is 10.3 Å². The Morgan fingerprint density at radius 2 is 1.56 bits per heavy atom. The van der Waals surface area contributed by atoms with Crippen LogP contribution in [0.4, 0.5) is 5.82 Å². The third kappa shape index (κ3) is 4.40. The van der Waals surface area contributed by atoms with Gasteiger partial charge in [0.1, 0.15) is 29.9 Å². The molecule has 1 aliphatic heterocycles. The minimum Gasteiger partial charge on any atom is -0.497 e. The van der Waals surface area contributed by atoms with E-state index in [1.807, 2.05) is 60.7 Å². The van der Waals surface area contributed by atoms with E-state index < -0.39 is 24.0 Å². The molecule has 0 amide bonds. The molecule has 1 fully saturated rings. The normalized spacial score (nSPS) is 19.3. The second-order valence-corrected chi connectivity index (χ2v) is 9.50. The molecule has 0 radical (unpaired) electrons. The van der Waals surface area contributed by atoms with E-state index in [4.69, 9.17) is 9.47 Å². The van der Waals surface area contributed by atoms with Gasteiger partial charge in [-0.2, -0.15) is 0 Å². The number of imidazole rings is 1. The molecule has 3 atom stereocenters. The van der Waals surface area contributed by atoms with Gasteiger partial charge in [0, 0.05) is 6.42 Å². The second kappa shape index (κ2) is 10.5. The molecule has 1 saturated heterocycles. The van der Waals surface area contributed by atoms with Crippen molar-refractivity contribution < 1.29 is 19.7 Å². The Morgan fingerprint density at radius 1 is 0.923 bits per heavy atom. The third-order valence-electron chi connectivity index (χ3n) is 7.30. The summed E-state index contributed by atoms with van der Waals surface area (Å²) in [6.45, 7) is -0.259. The number of rotatable bonds is 8. The van der Waals surface area contributed by atoms with Crippen LogP contribution in [0.25, 0.3) is 11.2 Å². The monoisotopic (exact) mass is 523 g/mol. The van der Waals surface area contributed by atoms with Gasteiger partial charge >= 0.3 is 0 Å². The summed E-state index contributed by atoms with van der Waals surface area (Å²) in [5.74, 6) is 1.30. The van der Waals surface area contributed by atoms with Crippen molar-refractivity contribution in [2.45, 2.75) is 30.4 Å². The summed E-state index contributed by atoms with van der Waals surface area (Å²) in [6.07, 6.45) is 1.54. The highest BCUT2D eigenvalue weighted by atomic mass is 16.5. The van der Waals surface area contributed by atoms with Crippen LogP contribution >= 0.6 is 0 Å². The van der Waals surface area contributed by atoms with Gasteiger partial charge in [-0.3, -0.25) is 4.57 Å². The first-order valence-corrected chi connectivity index (χ1v) is 12.8. The van der Waals surface area contributed by atoms with Crippen molar-refractivity contribution in [3.05, 3.63) is 114 Å². The first kappa shape index (κ1) is 25.0. The van der Waals surface area contributed by atoms with Crippen molar-refractivity contribution in [2.75, 3.05) is 19.0 Å². The number of anilines is 1. The van der Waals surface area contributed by atoms with Gasteiger partial charge in [0.05, 0.1) is 26.1 Å². The molecule has 1 aliphatic rings. The predicted molar refractivity (Wildman–Crippen MR) is 146 cm³/mol. The lowest BCUT2D eigenvalue weighted by atomic mass is 9.77. The van der Waals surface area contributed by atoms with Gasteiger partial charge in [0.15, 0.2) is 17.0 Å². The van der Waals surface area contributed by atoms with Gasteiger partial charge in [-0.25, -0.2) is 15.0 Å². The Balaban J connectivity index is 1.52. The molecule has 6 rings (SSSR count). The van der Waals surface area contributed by atoms with E-state index in [0.29, 0.717) is 23.4 Å². The number of hydrogen-bond acceptors (Lipinski definition) is 8. The predicted octanol–water partition coefficient (Wildman–Crippen LogP) is 3.88. The average molecular weight is 524 g/mol. The number of hydrogen-bond donors (Lipinski definition) is 3. The largest absolute Gasteiger partial charge is 0.497 e. The molecule has 2 aromatic heterocycles. The van der Waals surface area contributed by atoms with Crippen LogP contribution in [0, 0.1) is 0 Å². The first-order chi connectivity index (χ1) is 19.1. The maximum absolute atomic E-state index is 10.3. The van der Waals surface area contributed by atoms with E-state index in [9.17, 15) is 10.2 Å². The number of fused-ring (bicyclic) bond motifs is 1. The van der Waals surface area contributed by atoms with Crippen LogP contribution < -0.4 is 10.1 Å². The van der Waals surface area contributed by atoms with E-state index >= 15 is 0 Å². The molecule has 0 spiro atoms. The highest BCUT2D eigenvalue weighted by Crippen LogP contribution is 2.41. The number of benzene rings is 3. The summed E-state index contributed by atoms with van der Waals surface area (Å²) in [7, 11) is 1.65. The highest BCUT2D eigenvalue weighted by Gasteiger charge is 2.39. The van der Waals surface area contributed by atoms with Gasteiger partial charge in [0.2, 0.25) is 0 Å². The molecule has 3 aromatic carbocycles. The number of aromatic nitrogens is 4. The lowest BCUT2D eigenvalue weighted by Crippen LogP contribution is -2.38.